The lowest BCUT2D eigenvalue weighted by Gasteiger charge is -2.25. The van der Waals surface area contributed by atoms with Crippen LogP contribution < -0.4 is 4.90 Å². The molecule has 13 rings (SSSR count). The fourth-order valence-electron chi connectivity index (χ4n) is 9.78. The molecule has 0 amide bonds. The number of rotatable bonds is 7. The van der Waals surface area contributed by atoms with E-state index in [1.165, 1.54) is 10.8 Å². The predicted octanol–water partition coefficient (Wildman–Crippen LogP) is 13.7. The molecule has 0 saturated heterocycles. The molecule has 8 nitrogen and oxygen atoms in total. The molecular weight excluding hydrogens is 785 g/mol. The van der Waals surface area contributed by atoms with Gasteiger partial charge in [-0.15, -0.1) is 0 Å². The third kappa shape index (κ3) is 5.56. The van der Waals surface area contributed by atoms with Gasteiger partial charge in [0, 0.05) is 116 Å². The maximum atomic E-state index is 4.50. The minimum absolute atomic E-state index is 1.03. The van der Waals surface area contributed by atoms with Gasteiger partial charge in [-0.25, -0.2) is 0 Å². The van der Waals surface area contributed by atoms with Gasteiger partial charge in [-0.3, -0.25) is 19.9 Å². The highest BCUT2D eigenvalue weighted by atomic mass is 15.1. The van der Waals surface area contributed by atoms with Crippen molar-refractivity contribution < 1.29 is 0 Å². The molecule has 0 aliphatic heterocycles. The molecule has 7 heterocycles. The van der Waals surface area contributed by atoms with E-state index >= 15 is 0 Å². The van der Waals surface area contributed by atoms with Gasteiger partial charge in [-0.2, -0.15) is 0 Å². The summed E-state index contributed by atoms with van der Waals surface area (Å²) < 4.78 is 7.04. The molecule has 300 valence electrons. The normalized spacial score (nSPS) is 11.8. The minimum Gasteiger partial charge on any atom is -0.310 e. The Morgan fingerprint density at radius 1 is 0.281 bits per heavy atom. The maximum absolute atomic E-state index is 4.50. The zero-order chi connectivity index (χ0) is 42.1. The number of anilines is 3. The summed E-state index contributed by atoms with van der Waals surface area (Å²) in [7, 11) is 0. The van der Waals surface area contributed by atoms with Gasteiger partial charge < -0.3 is 18.6 Å². The number of nitrogens with zero attached hydrogens (tertiary/aromatic N) is 8. The summed E-state index contributed by atoms with van der Waals surface area (Å²) in [4.78, 5) is 20.3. The average molecular weight is 821 g/mol. The molecule has 8 heteroatoms. The molecule has 6 aromatic carbocycles. The smallest absolute Gasteiger partial charge is 0.0572 e. The lowest BCUT2D eigenvalue weighted by atomic mass is 10.0. The van der Waals surface area contributed by atoms with E-state index in [1.54, 1.807) is 0 Å². The van der Waals surface area contributed by atoms with Gasteiger partial charge in [0.05, 0.1) is 33.1 Å². The molecule has 0 N–H and O–H groups in total. The van der Waals surface area contributed by atoms with Crippen LogP contribution in [0.3, 0.4) is 0 Å². The van der Waals surface area contributed by atoms with Crippen LogP contribution >= 0.6 is 0 Å². The van der Waals surface area contributed by atoms with Crippen LogP contribution in [0.4, 0.5) is 17.1 Å². The number of para-hydroxylation sites is 3. The van der Waals surface area contributed by atoms with Crippen LogP contribution in [0.15, 0.2) is 219 Å². The van der Waals surface area contributed by atoms with Crippen molar-refractivity contribution in [1.82, 2.24) is 33.6 Å². The summed E-state index contributed by atoms with van der Waals surface area (Å²) in [5.74, 6) is 0. The highest BCUT2D eigenvalue weighted by Gasteiger charge is 2.20. The van der Waals surface area contributed by atoms with Crippen LogP contribution in [0.1, 0.15) is 0 Å². The fraction of sp³-hybridized carbons (Fsp3) is 0. The maximum Gasteiger partial charge on any atom is 0.0572 e. The number of pyridine rings is 4. The summed E-state index contributed by atoms with van der Waals surface area (Å²) in [6.07, 6.45) is 15.2. The second kappa shape index (κ2) is 14.4. The highest BCUT2D eigenvalue weighted by Crippen LogP contribution is 2.41. The lowest BCUT2D eigenvalue weighted by molar-refractivity contribution is 1.13. The fourth-order valence-corrected chi connectivity index (χ4v) is 9.78. The molecule has 0 aliphatic rings. The van der Waals surface area contributed by atoms with Gasteiger partial charge in [0.15, 0.2) is 0 Å². The van der Waals surface area contributed by atoms with E-state index in [2.05, 4.69) is 208 Å². The van der Waals surface area contributed by atoms with Crippen molar-refractivity contribution in [3.8, 4) is 28.2 Å². The van der Waals surface area contributed by atoms with E-state index in [0.29, 0.717) is 0 Å². The average Bonchev–Trinajstić information content (AvgIpc) is 4.00. The van der Waals surface area contributed by atoms with Crippen molar-refractivity contribution in [2.45, 2.75) is 0 Å². The van der Waals surface area contributed by atoms with Crippen LogP contribution in [0.25, 0.3) is 93.6 Å². The molecule has 0 atom stereocenters. The monoisotopic (exact) mass is 820 g/mol. The quantitative estimate of drug-likeness (QED) is 0.160. The largest absolute Gasteiger partial charge is 0.310 e. The number of hydrogen-bond donors (Lipinski definition) is 0. The SMILES string of the molecule is c1ccc(N(c2ccccc2)c2ccc3c(c2)c2ccccc2n3-c2ccc(-c3cc(-n4c5ccncc5c5cnccc54)cc(-n4c5ccncc5c5cnccc54)c3)cc2)cc1. The Balaban J connectivity index is 0.987. The van der Waals surface area contributed by atoms with Crippen LogP contribution in [-0.2, 0) is 0 Å². The van der Waals surface area contributed by atoms with Crippen LogP contribution in [-0.4, -0.2) is 33.6 Å². The summed E-state index contributed by atoms with van der Waals surface area (Å²) in [6, 6.07) is 60.9. The Bertz CT molecular complexity index is 3630. The van der Waals surface area contributed by atoms with E-state index in [9.17, 15) is 0 Å². The summed E-state index contributed by atoms with van der Waals surface area (Å²) in [6.45, 7) is 0. The second-order valence-corrected chi connectivity index (χ2v) is 16.1. The summed E-state index contributed by atoms with van der Waals surface area (Å²) in [5.41, 5.74) is 15.2. The molecule has 0 unspecified atom stereocenters. The Labute approximate surface area is 367 Å². The molecule has 0 saturated carbocycles. The standard InChI is InChI=1S/C56H36N8/c1-3-9-39(10-4-1)61(40-11-5-2-6-12-40)42-19-20-52-46(32-42)45-13-7-8-14-51(45)62(52)41-17-15-37(16-18-41)38-29-43(63-53-21-25-57-33-47(53)48-34-58-26-22-54(48)63)31-44(30-38)64-55-23-27-59-35-49(55)50-36-60-28-24-56(50)64/h1-36H. The van der Waals surface area contributed by atoms with Gasteiger partial charge in [0.2, 0.25) is 0 Å². The van der Waals surface area contributed by atoms with Gasteiger partial charge in [0.1, 0.15) is 0 Å². The van der Waals surface area contributed by atoms with Crippen molar-refractivity contribution >= 4 is 82.5 Å². The number of fused-ring (bicyclic) bond motifs is 9. The molecular formula is C56H36N8. The molecule has 0 spiro atoms. The molecule has 0 aliphatic carbocycles. The number of aromatic nitrogens is 7. The topological polar surface area (TPSA) is 69.6 Å². The summed E-state index contributed by atoms with van der Waals surface area (Å²) in [5, 5.41) is 6.63. The molecule has 7 aromatic heterocycles. The first-order valence-corrected chi connectivity index (χ1v) is 21.3. The zero-order valence-electron chi connectivity index (χ0n) is 34.4. The Morgan fingerprint density at radius 3 is 1.23 bits per heavy atom. The first-order chi connectivity index (χ1) is 31.8. The van der Waals surface area contributed by atoms with E-state index in [4.69, 9.17) is 0 Å². The van der Waals surface area contributed by atoms with Gasteiger partial charge in [-0.1, -0.05) is 66.7 Å². The first-order valence-electron chi connectivity index (χ1n) is 21.3. The van der Waals surface area contributed by atoms with Crippen molar-refractivity contribution in [2.75, 3.05) is 4.90 Å². The van der Waals surface area contributed by atoms with E-state index in [1.807, 2.05) is 49.6 Å². The van der Waals surface area contributed by atoms with Gasteiger partial charge >= 0.3 is 0 Å². The third-order valence-electron chi connectivity index (χ3n) is 12.6. The Morgan fingerprint density at radius 2 is 0.719 bits per heavy atom. The van der Waals surface area contributed by atoms with E-state index in [0.717, 1.165) is 99.9 Å². The molecule has 0 bridgehead atoms. The summed E-state index contributed by atoms with van der Waals surface area (Å²) >= 11 is 0. The predicted molar refractivity (Wildman–Crippen MR) is 261 cm³/mol. The molecule has 13 aromatic rings. The second-order valence-electron chi connectivity index (χ2n) is 16.1. The van der Waals surface area contributed by atoms with Crippen molar-refractivity contribution in [3.05, 3.63) is 219 Å². The Hall–Kier alpha value is -8.88. The van der Waals surface area contributed by atoms with E-state index < -0.39 is 0 Å². The zero-order valence-corrected chi connectivity index (χ0v) is 34.4. The van der Waals surface area contributed by atoms with Crippen molar-refractivity contribution in [3.63, 3.8) is 0 Å². The van der Waals surface area contributed by atoms with Gasteiger partial charge in [-0.05, 0) is 114 Å². The van der Waals surface area contributed by atoms with Crippen molar-refractivity contribution in [1.29, 1.82) is 0 Å². The molecule has 0 radical (unpaired) electrons. The Kier molecular flexibility index (Phi) is 8.04. The number of hydrogen-bond acceptors (Lipinski definition) is 5. The van der Waals surface area contributed by atoms with Crippen molar-refractivity contribution in [2.24, 2.45) is 0 Å². The third-order valence-corrected chi connectivity index (χ3v) is 12.6. The lowest BCUT2D eigenvalue weighted by Crippen LogP contribution is -2.09. The van der Waals surface area contributed by atoms with Crippen LogP contribution in [0, 0.1) is 0 Å². The minimum atomic E-state index is 1.03. The molecule has 0 fully saturated rings. The molecule has 64 heavy (non-hydrogen) atoms. The van der Waals surface area contributed by atoms with Crippen LogP contribution in [0.2, 0.25) is 0 Å². The number of benzene rings is 6. The van der Waals surface area contributed by atoms with Gasteiger partial charge in [0.25, 0.3) is 0 Å². The highest BCUT2D eigenvalue weighted by molar-refractivity contribution is 6.12. The first kappa shape index (κ1) is 35.8. The van der Waals surface area contributed by atoms with E-state index in [-0.39, 0.29) is 0 Å². The van der Waals surface area contributed by atoms with Crippen LogP contribution in [0.5, 0.6) is 0 Å².